The smallest absolute Gasteiger partial charge is 0.132 e. The molecule has 22 heavy (non-hydrogen) atoms. The largest absolute Gasteiger partial charge is 0.302 e. The molecule has 108 valence electrons. The number of benzene rings is 3. The molecule has 0 bridgehead atoms. The average Bonchev–Trinajstić information content (AvgIpc) is 2.62. The second-order valence-corrected chi connectivity index (χ2v) is 7.36. The van der Waals surface area contributed by atoms with Gasteiger partial charge < -0.3 is 4.79 Å². The summed E-state index contributed by atoms with van der Waals surface area (Å²) < 4.78 is 0. The van der Waals surface area contributed by atoms with E-state index in [1.807, 2.05) is 66.7 Å². The number of hydrogen-bond acceptors (Lipinski definition) is 1. The van der Waals surface area contributed by atoms with Gasteiger partial charge in [-0.2, -0.15) is 0 Å². The van der Waals surface area contributed by atoms with Crippen LogP contribution in [0.25, 0.3) is 0 Å². The SMILES string of the molecule is O=CC(c1ccccc1)P(c1ccccc1)c1ccccc1. The Morgan fingerprint density at radius 2 is 1.05 bits per heavy atom. The van der Waals surface area contributed by atoms with Crippen LogP contribution in [0.2, 0.25) is 0 Å². The molecule has 0 saturated carbocycles. The molecule has 0 aliphatic heterocycles. The Kier molecular flexibility index (Phi) is 4.78. The summed E-state index contributed by atoms with van der Waals surface area (Å²) in [6, 6.07) is 30.7. The maximum atomic E-state index is 11.9. The molecular weight excluding hydrogens is 287 g/mol. The summed E-state index contributed by atoms with van der Waals surface area (Å²) in [5.41, 5.74) is 0.956. The third-order valence-corrected chi connectivity index (χ3v) is 6.30. The normalized spacial score (nSPS) is 12.0. The third kappa shape index (κ3) is 3.16. The van der Waals surface area contributed by atoms with E-state index in [9.17, 15) is 4.79 Å². The van der Waals surface area contributed by atoms with Crippen LogP contribution in [0.15, 0.2) is 91.0 Å². The van der Waals surface area contributed by atoms with Gasteiger partial charge in [0.2, 0.25) is 0 Å². The Hall–Kier alpha value is -2.24. The predicted octanol–water partition coefficient (Wildman–Crippen LogP) is 4.06. The van der Waals surface area contributed by atoms with Gasteiger partial charge in [-0.1, -0.05) is 91.0 Å². The van der Waals surface area contributed by atoms with E-state index in [1.54, 1.807) is 0 Å². The summed E-state index contributed by atoms with van der Waals surface area (Å²) in [6.07, 6.45) is 1.10. The van der Waals surface area contributed by atoms with Gasteiger partial charge in [0.25, 0.3) is 0 Å². The molecule has 1 nitrogen and oxygen atoms in total. The molecule has 1 unspecified atom stereocenters. The van der Waals surface area contributed by atoms with Crippen LogP contribution < -0.4 is 10.6 Å². The van der Waals surface area contributed by atoms with Crippen LogP contribution in [0.5, 0.6) is 0 Å². The molecule has 1 atom stereocenters. The zero-order valence-corrected chi connectivity index (χ0v) is 13.1. The van der Waals surface area contributed by atoms with E-state index >= 15 is 0 Å². The average molecular weight is 304 g/mol. The van der Waals surface area contributed by atoms with Crippen LogP contribution in [-0.2, 0) is 4.79 Å². The Balaban J connectivity index is 2.11. The van der Waals surface area contributed by atoms with E-state index in [0.717, 1.165) is 11.8 Å². The summed E-state index contributed by atoms with van der Waals surface area (Å²) in [4.78, 5) is 11.9. The first-order valence-corrected chi connectivity index (χ1v) is 8.71. The van der Waals surface area contributed by atoms with E-state index in [4.69, 9.17) is 0 Å². The fourth-order valence-corrected chi connectivity index (χ4v) is 5.11. The van der Waals surface area contributed by atoms with Crippen LogP contribution in [0.3, 0.4) is 0 Å². The van der Waals surface area contributed by atoms with Gasteiger partial charge in [0.15, 0.2) is 0 Å². The van der Waals surface area contributed by atoms with Gasteiger partial charge in [0.1, 0.15) is 6.29 Å². The van der Waals surface area contributed by atoms with Crippen molar-refractivity contribution in [3.8, 4) is 0 Å². The highest BCUT2D eigenvalue weighted by atomic mass is 31.1. The topological polar surface area (TPSA) is 17.1 Å². The Morgan fingerprint density at radius 1 is 0.636 bits per heavy atom. The second-order valence-electron chi connectivity index (χ2n) is 5.03. The van der Waals surface area contributed by atoms with Crippen molar-refractivity contribution < 1.29 is 4.79 Å². The molecule has 3 rings (SSSR count). The maximum absolute atomic E-state index is 11.9. The van der Waals surface area contributed by atoms with E-state index in [0.29, 0.717) is 0 Å². The molecule has 0 radical (unpaired) electrons. The van der Waals surface area contributed by atoms with Gasteiger partial charge in [0.05, 0.1) is 5.66 Å². The van der Waals surface area contributed by atoms with Crippen molar-refractivity contribution in [1.82, 2.24) is 0 Å². The van der Waals surface area contributed by atoms with E-state index < -0.39 is 7.92 Å². The highest BCUT2D eigenvalue weighted by molar-refractivity contribution is 7.74. The summed E-state index contributed by atoms with van der Waals surface area (Å²) in [5, 5.41) is 2.45. The number of hydrogen-bond donors (Lipinski definition) is 0. The van der Waals surface area contributed by atoms with Crippen LogP contribution >= 0.6 is 7.92 Å². The lowest BCUT2D eigenvalue weighted by Gasteiger charge is -2.25. The molecule has 3 aromatic carbocycles. The first-order chi connectivity index (χ1) is 10.9. The molecule has 0 saturated heterocycles. The molecule has 0 aromatic heterocycles. The van der Waals surface area contributed by atoms with Crippen molar-refractivity contribution in [2.45, 2.75) is 5.66 Å². The minimum Gasteiger partial charge on any atom is -0.302 e. The first-order valence-electron chi connectivity index (χ1n) is 7.30. The van der Waals surface area contributed by atoms with Crippen molar-refractivity contribution in [2.75, 3.05) is 0 Å². The number of carbonyl (C=O) groups is 1. The molecule has 0 N–H and O–H groups in total. The zero-order valence-electron chi connectivity index (χ0n) is 12.2. The molecule has 0 aliphatic carbocycles. The summed E-state index contributed by atoms with van der Waals surface area (Å²) in [7, 11) is -0.759. The van der Waals surface area contributed by atoms with Crippen LogP contribution in [0.4, 0.5) is 0 Å². The number of carbonyl (C=O) groups excluding carboxylic acids is 1. The first kappa shape index (κ1) is 14.7. The van der Waals surface area contributed by atoms with Gasteiger partial charge in [-0.25, -0.2) is 0 Å². The Labute approximate surface area is 132 Å². The van der Waals surface area contributed by atoms with Crippen molar-refractivity contribution in [3.05, 3.63) is 96.6 Å². The number of aldehydes is 1. The van der Waals surface area contributed by atoms with Crippen molar-refractivity contribution in [1.29, 1.82) is 0 Å². The molecular formula is C20H17OP. The van der Waals surface area contributed by atoms with Crippen LogP contribution in [0.1, 0.15) is 11.2 Å². The highest BCUT2D eigenvalue weighted by Crippen LogP contribution is 2.47. The zero-order chi connectivity index (χ0) is 15.2. The molecule has 2 heteroatoms. The molecule has 0 aliphatic rings. The second kappa shape index (κ2) is 7.15. The van der Waals surface area contributed by atoms with E-state index in [-0.39, 0.29) is 5.66 Å². The highest BCUT2D eigenvalue weighted by Gasteiger charge is 2.25. The Bertz CT molecular complexity index is 671. The lowest BCUT2D eigenvalue weighted by molar-refractivity contribution is -0.107. The molecule has 0 amide bonds. The number of rotatable bonds is 5. The minimum absolute atomic E-state index is 0.124. The molecule has 0 spiro atoms. The standard InChI is InChI=1S/C20H17OP/c21-16-20(17-10-4-1-5-11-17)22(18-12-6-2-7-13-18)19-14-8-3-9-15-19/h1-16,20H. The van der Waals surface area contributed by atoms with Gasteiger partial charge >= 0.3 is 0 Å². The lowest BCUT2D eigenvalue weighted by atomic mass is 10.2. The van der Waals surface area contributed by atoms with E-state index in [2.05, 4.69) is 24.3 Å². The summed E-state index contributed by atoms with van der Waals surface area (Å²) in [6.45, 7) is 0. The van der Waals surface area contributed by atoms with Crippen molar-refractivity contribution in [3.63, 3.8) is 0 Å². The molecule has 0 heterocycles. The van der Waals surface area contributed by atoms with Gasteiger partial charge in [-0.15, -0.1) is 0 Å². The third-order valence-electron chi connectivity index (χ3n) is 3.62. The van der Waals surface area contributed by atoms with E-state index in [1.165, 1.54) is 10.6 Å². The summed E-state index contributed by atoms with van der Waals surface area (Å²) in [5.74, 6) is 0. The minimum atomic E-state index is -0.759. The lowest BCUT2D eigenvalue weighted by Crippen LogP contribution is -2.17. The monoisotopic (exact) mass is 304 g/mol. The predicted molar refractivity (Wildman–Crippen MR) is 94.3 cm³/mol. The maximum Gasteiger partial charge on any atom is 0.132 e. The molecule has 3 aromatic rings. The van der Waals surface area contributed by atoms with Gasteiger partial charge in [-0.3, -0.25) is 0 Å². The fourth-order valence-electron chi connectivity index (χ4n) is 2.59. The van der Waals surface area contributed by atoms with Gasteiger partial charge in [-0.05, 0) is 24.1 Å². The molecule has 0 fully saturated rings. The van der Waals surface area contributed by atoms with Crippen LogP contribution in [-0.4, -0.2) is 6.29 Å². The van der Waals surface area contributed by atoms with Crippen molar-refractivity contribution >= 4 is 24.8 Å². The van der Waals surface area contributed by atoms with Gasteiger partial charge in [0, 0.05) is 0 Å². The Morgan fingerprint density at radius 3 is 1.45 bits per heavy atom. The quantitative estimate of drug-likeness (QED) is 0.513. The summed E-state index contributed by atoms with van der Waals surface area (Å²) >= 11 is 0. The van der Waals surface area contributed by atoms with Crippen LogP contribution in [0, 0.1) is 0 Å². The fraction of sp³-hybridized carbons (Fsp3) is 0.0500. The van der Waals surface area contributed by atoms with Crippen molar-refractivity contribution in [2.24, 2.45) is 0 Å².